The Balaban J connectivity index is 1.59. The van der Waals surface area contributed by atoms with E-state index in [-0.39, 0.29) is 12.3 Å². The van der Waals surface area contributed by atoms with E-state index in [1.807, 2.05) is 12.1 Å². The lowest BCUT2D eigenvalue weighted by molar-refractivity contribution is -0.0551. The summed E-state index contributed by atoms with van der Waals surface area (Å²) in [6, 6.07) is 31.4. The standard InChI is InChI=1S/C28H21IN2O/c29-23-16-17-26-30-27(22-14-8-3-9-15-22)28(31(26)19-23)24(20-10-4-1-5-11-20)18-25(32-28)21-12-6-2-7-13-21/h1-19,25-26H. The molecule has 3 atom stereocenters. The van der Waals surface area contributed by atoms with Crippen molar-refractivity contribution in [1.82, 2.24) is 4.90 Å². The van der Waals surface area contributed by atoms with Gasteiger partial charge < -0.3 is 9.64 Å². The third-order valence-corrected chi connectivity index (χ3v) is 6.80. The van der Waals surface area contributed by atoms with E-state index >= 15 is 0 Å². The number of aliphatic imine (C=N–C) groups is 1. The molecule has 3 aliphatic heterocycles. The summed E-state index contributed by atoms with van der Waals surface area (Å²) in [6.07, 6.45) is 8.45. The number of allylic oxidation sites excluding steroid dienone is 2. The van der Waals surface area contributed by atoms with Gasteiger partial charge >= 0.3 is 0 Å². The molecule has 3 aromatic carbocycles. The number of halogens is 1. The molecular weight excluding hydrogens is 507 g/mol. The van der Waals surface area contributed by atoms with Crippen LogP contribution in [0, 0.1) is 0 Å². The second-order valence-corrected chi connectivity index (χ2v) is 9.32. The molecule has 0 fully saturated rings. The van der Waals surface area contributed by atoms with E-state index in [1.165, 1.54) is 0 Å². The van der Waals surface area contributed by atoms with E-state index in [4.69, 9.17) is 9.73 Å². The molecule has 3 heterocycles. The van der Waals surface area contributed by atoms with Crippen LogP contribution in [-0.4, -0.2) is 22.5 Å². The van der Waals surface area contributed by atoms with Gasteiger partial charge in [0.15, 0.2) is 0 Å². The highest BCUT2D eigenvalue weighted by molar-refractivity contribution is 14.1. The zero-order chi connectivity index (χ0) is 21.5. The van der Waals surface area contributed by atoms with E-state index in [9.17, 15) is 0 Å². The molecule has 1 spiro atoms. The Morgan fingerprint density at radius 2 is 1.44 bits per heavy atom. The summed E-state index contributed by atoms with van der Waals surface area (Å²) < 4.78 is 8.22. The summed E-state index contributed by atoms with van der Waals surface area (Å²) in [5, 5.41) is 0. The molecule has 3 unspecified atom stereocenters. The van der Waals surface area contributed by atoms with Crippen molar-refractivity contribution in [3.8, 4) is 0 Å². The minimum Gasteiger partial charge on any atom is -0.333 e. The molecule has 0 amide bonds. The topological polar surface area (TPSA) is 24.8 Å². The third-order valence-electron chi connectivity index (χ3n) is 6.16. The van der Waals surface area contributed by atoms with Gasteiger partial charge in [-0.1, -0.05) is 91.0 Å². The van der Waals surface area contributed by atoms with Crippen LogP contribution < -0.4 is 0 Å². The fraction of sp³-hybridized carbons (Fsp3) is 0.107. The Bertz CT molecular complexity index is 1260. The van der Waals surface area contributed by atoms with Crippen molar-refractivity contribution >= 4 is 33.9 Å². The fourth-order valence-corrected chi connectivity index (χ4v) is 5.27. The van der Waals surface area contributed by atoms with Crippen LogP contribution in [0.1, 0.15) is 22.8 Å². The Morgan fingerprint density at radius 3 is 2.12 bits per heavy atom. The summed E-state index contributed by atoms with van der Waals surface area (Å²) >= 11 is 2.37. The lowest BCUT2D eigenvalue weighted by atomic mass is 9.88. The highest BCUT2D eigenvalue weighted by Gasteiger charge is 2.57. The van der Waals surface area contributed by atoms with E-state index in [2.05, 4.69) is 131 Å². The molecule has 156 valence electrons. The molecule has 0 saturated heterocycles. The largest absolute Gasteiger partial charge is 0.333 e. The summed E-state index contributed by atoms with van der Waals surface area (Å²) in [4.78, 5) is 7.47. The predicted octanol–water partition coefficient (Wildman–Crippen LogP) is 6.52. The van der Waals surface area contributed by atoms with Crippen molar-refractivity contribution in [2.75, 3.05) is 0 Å². The highest BCUT2D eigenvalue weighted by Crippen LogP contribution is 2.52. The maximum absolute atomic E-state index is 7.07. The Labute approximate surface area is 201 Å². The van der Waals surface area contributed by atoms with Crippen molar-refractivity contribution in [2.45, 2.75) is 18.0 Å². The van der Waals surface area contributed by atoms with Crippen molar-refractivity contribution in [3.63, 3.8) is 0 Å². The average molecular weight is 528 g/mol. The maximum Gasteiger partial charge on any atom is 0.214 e. The summed E-state index contributed by atoms with van der Waals surface area (Å²) in [5.74, 6) is 0. The number of hydrogen-bond donors (Lipinski definition) is 0. The van der Waals surface area contributed by atoms with Gasteiger partial charge in [-0.3, -0.25) is 4.99 Å². The van der Waals surface area contributed by atoms with Crippen LogP contribution in [0.15, 0.2) is 124 Å². The Morgan fingerprint density at radius 1 is 0.812 bits per heavy atom. The van der Waals surface area contributed by atoms with Crippen LogP contribution >= 0.6 is 22.6 Å². The first-order valence-corrected chi connectivity index (χ1v) is 11.8. The number of ether oxygens (including phenoxy) is 1. The molecule has 0 N–H and O–H groups in total. The van der Waals surface area contributed by atoms with Crippen molar-refractivity contribution in [1.29, 1.82) is 0 Å². The van der Waals surface area contributed by atoms with Crippen LogP contribution in [0.4, 0.5) is 0 Å². The molecule has 4 heteroatoms. The summed E-state index contributed by atoms with van der Waals surface area (Å²) in [7, 11) is 0. The van der Waals surface area contributed by atoms with Crippen molar-refractivity contribution < 1.29 is 4.74 Å². The molecule has 0 aliphatic carbocycles. The van der Waals surface area contributed by atoms with Gasteiger partial charge in [-0.15, -0.1) is 0 Å². The van der Waals surface area contributed by atoms with Gasteiger partial charge in [0.2, 0.25) is 5.72 Å². The number of rotatable bonds is 3. The van der Waals surface area contributed by atoms with E-state index in [1.54, 1.807) is 0 Å². The molecule has 3 aromatic rings. The first-order valence-electron chi connectivity index (χ1n) is 10.7. The second kappa shape index (κ2) is 7.87. The van der Waals surface area contributed by atoms with Crippen LogP contribution in [0.2, 0.25) is 0 Å². The molecule has 0 radical (unpaired) electrons. The average Bonchev–Trinajstić information content (AvgIpc) is 3.40. The molecule has 0 bridgehead atoms. The van der Waals surface area contributed by atoms with E-state index < -0.39 is 5.72 Å². The van der Waals surface area contributed by atoms with Gasteiger partial charge in [0.25, 0.3) is 0 Å². The first kappa shape index (κ1) is 19.7. The lowest BCUT2D eigenvalue weighted by Crippen LogP contribution is -2.52. The summed E-state index contributed by atoms with van der Waals surface area (Å²) in [6.45, 7) is 0. The van der Waals surface area contributed by atoms with Crippen molar-refractivity contribution in [2.24, 2.45) is 4.99 Å². The van der Waals surface area contributed by atoms with Gasteiger partial charge in [0, 0.05) is 20.9 Å². The fourth-order valence-electron chi connectivity index (χ4n) is 4.76. The van der Waals surface area contributed by atoms with E-state index in [0.29, 0.717) is 0 Å². The van der Waals surface area contributed by atoms with Crippen LogP contribution in [-0.2, 0) is 4.74 Å². The second-order valence-electron chi connectivity index (χ2n) is 8.08. The van der Waals surface area contributed by atoms with Gasteiger partial charge in [-0.2, -0.15) is 0 Å². The molecular formula is C28H21IN2O. The molecule has 6 rings (SSSR count). The Hall–Kier alpha value is -2.96. The quantitative estimate of drug-likeness (QED) is 0.362. The molecule has 3 nitrogen and oxygen atoms in total. The molecule has 32 heavy (non-hydrogen) atoms. The van der Waals surface area contributed by atoms with Crippen molar-refractivity contribution in [3.05, 3.63) is 136 Å². The number of fused-ring (bicyclic) bond motifs is 2. The smallest absolute Gasteiger partial charge is 0.214 e. The Kier molecular flexibility index (Phi) is 4.85. The third kappa shape index (κ3) is 3.09. The van der Waals surface area contributed by atoms with Crippen LogP contribution in [0.3, 0.4) is 0 Å². The van der Waals surface area contributed by atoms with E-state index in [0.717, 1.165) is 31.6 Å². The van der Waals surface area contributed by atoms with Gasteiger partial charge in [0.05, 0.1) is 0 Å². The maximum atomic E-state index is 7.07. The number of hydrogen-bond acceptors (Lipinski definition) is 3. The number of benzene rings is 3. The SMILES string of the molecule is IC1=CN2C(C=C1)N=C(c1ccccc1)C21OC(c2ccccc2)C=C1c1ccccc1. The highest BCUT2D eigenvalue weighted by atomic mass is 127. The summed E-state index contributed by atoms with van der Waals surface area (Å²) in [5.41, 5.74) is 4.63. The van der Waals surface area contributed by atoms with Crippen LogP contribution in [0.5, 0.6) is 0 Å². The molecule has 0 aromatic heterocycles. The van der Waals surface area contributed by atoms with Gasteiger partial charge in [-0.05, 0) is 51.9 Å². The predicted molar refractivity (Wildman–Crippen MR) is 137 cm³/mol. The first-order chi connectivity index (χ1) is 15.8. The van der Waals surface area contributed by atoms with Gasteiger partial charge in [0.1, 0.15) is 18.0 Å². The number of nitrogens with zero attached hydrogens (tertiary/aromatic N) is 2. The normalized spacial score (nSPS) is 26.0. The minimum absolute atomic E-state index is 0.106. The lowest BCUT2D eigenvalue weighted by Gasteiger charge is -2.40. The van der Waals surface area contributed by atoms with Gasteiger partial charge in [-0.25, -0.2) is 0 Å². The minimum atomic E-state index is -0.810. The zero-order valence-corrected chi connectivity index (χ0v) is 19.5. The monoisotopic (exact) mass is 528 g/mol. The molecule has 0 saturated carbocycles. The van der Waals surface area contributed by atoms with Crippen LogP contribution in [0.25, 0.3) is 5.57 Å². The zero-order valence-electron chi connectivity index (χ0n) is 17.3. The molecule has 3 aliphatic rings.